The van der Waals surface area contributed by atoms with Gasteiger partial charge in [-0.1, -0.05) is 6.07 Å². The Labute approximate surface area is 118 Å². The number of aliphatic hydroxyl groups excluding tert-OH is 1. The van der Waals surface area contributed by atoms with Crippen LogP contribution in [-0.4, -0.2) is 48.9 Å². The number of likely N-dealkylation sites (tertiary alicyclic amines) is 1. The summed E-state index contributed by atoms with van der Waals surface area (Å²) in [5, 5.41) is 12.0. The third kappa shape index (κ3) is 3.33. The van der Waals surface area contributed by atoms with Gasteiger partial charge in [0.2, 0.25) is 0 Å². The number of benzene rings is 1. The van der Waals surface area contributed by atoms with Gasteiger partial charge in [-0.25, -0.2) is 4.79 Å². The van der Waals surface area contributed by atoms with Crippen molar-refractivity contribution in [1.29, 1.82) is 0 Å². The van der Waals surface area contributed by atoms with E-state index in [0.29, 0.717) is 37.7 Å². The molecule has 2 amide bonds. The molecular weight excluding hydrogens is 260 g/mol. The summed E-state index contributed by atoms with van der Waals surface area (Å²) >= 11 is 0. The van der Waals surface area contributed by atoms with Gasteiger partial charge in [0.1, 0.15) is 0 Å². The zero-order valence-electron chi connectivity index (χ0n) is 11.8. The molecule has 2 N–H and O–H groups in total. The number of amides is 2. The third-order valence-corrected chi connectivity index (χ3v) is 3.12. The van der Waals surface area contributed by atoms with E-state index in [9.17, 15) is 4.79 Å². The van der Waals surface area contributed by atoms with Gasteiger partial charge in [-0.05, 0) is 24.6 Å². The van der Waals surface area contributed by atoms with E-state index in [0.717, 1.165) is 5.56 Å². The minimum absolute atomic E-state index is 0.163. The first-order valence-corrected chi connectivity index (χ1v) is 6.64. The van der Waals surface area contributed by atoms with Gasteiger partial charge in [-0.15, -0.1) is 0 Å². The van der Waals surface area contributed by atoms with E-state index >= 15 is 0 Å². The molecule has 1 aliphatic rings. The number of carbonyl (C=O) groups is 1. The number of ether oxygens (including phenoxy) is 2. The van der Waals surface area contributed by atoms with Crippen molar-refractivity contribution in [3.8, 4) is 11.5 Å². The van der Waals surface area contributed by atoms with Crippen LogP contribution >= 0.6 is 0 Å². The van der Waals surface area contributed by atoms with Crippen molar-refractivity contribution >= 4 is 6.03 Å². The molecule has 0 atom stereocenters. The molecule has 1 aromatic rings. The largest absolute Gasteiger partial charge is 0.493 e. The quantitative estimate of drug-likeness (QED) is 0.843. The van der Waals surface area contributed by atoms with Crippen LogP contribution in [0.4, 0.5) is 4.79 Å². The SMILES string of the molecule is CCOc1cc(CNC(=O)N2CC(O)C2)ccc1OC. The highest BCUT2D eigenvalue weighted by molar-refractivity contribution is 5.75. The van der Waals surface area contributed by atoms with Crippen LogP contribution in [0.5, 0.6) is 11.5 Å². The molecule has 1 aliphatic heterocycles. The Balaban J connectivity index is 1.92. The Bertz CT molecular complexity index is 472. The van der Waals surface area contributed by atoms with Crippen molar-refractivity contribution in [2.24, 2.45) is 0 Å². The van der Waals surface area contributed by atoms with Crippen LogP contribution in [0.15, 0.2) is 18.2 Å². The molecule has 0 bridgehead atoms. The van der Waals surface area contributed by atoms with E-state index in [1.54, 1.807) is 12.0 Å². The second-order valence-corrected chi connectivity index (χ2v) is 4.64. The Morgan fingerprint density at radius 1 is 1.45 bits per heavy atom. The van der Waals surface area contributed by atoms with E-state index in [1.807, 2.05) is 25.1 Å². The minimum atomic E-state index is -0.383. The van der Waals surface area contributed by atoms with Crippen LogP contribution in [-0.2, 0) is 6.54 Å². The molecule has 1 heterocycles. The first-order valence-electron chi connectivity index (χ1n) is 6.64. The molecular formula is C14H20N2O4. The lowest BCUT2D eigenvalue weighted by molar-refractivity contribution is 0.0265. The molecule has 0 radical (unpaired) electrons. The van der Waals surface area contributed by atoms with Gasteiger partial charge in [-0.3, -0.25) is 0 Å². The maximum absolute atomic E-state index is 11.7. The molecule has 1 fully saturated rings. The zero-order valence-corrected chi connectivity index (χ0v) is 11.8. The minimum Gasteiger partial charge on any atom is -0.493 e. The maximum Gasteiger partial charge on any atom is 0.317 e. The average Bonchev–Trinajstić information content (AvgIpc) is 2.42. The van der Waals surface area contributed by atoms with E-state index in [2.05, 4.69) is 5.32 Å². The molecule has 6 nitrogen and oxygen atoms in total. The number of nitrogens with one attached hydrogen (secondary N) is 1. The summed E-state index contributed by atoms with van der Waals surface area (Å²) in [7, 11) is 1.59. The second-order valence-electron chi connectivity index (χ2n) is 4.64. The van der Waals surface area contributed by atoms with Crippen molar-refractivity contribution in [2.75, 3.05) is 26.8 Å². The lowest BCUT2D eigenvalue weighted by Crippen LogP contribution is -2.56. The fraction of sp³-hybridized carbons (Fsp3) is 0.500. The van der Waals surface area contributed by atoms with E-state index in [4.69, 9.17) is 14.6 Å². The van der Waals surface area contributed by atoms with Gasteiger partial charge in [0.15, 0.2) is 11.5 Å². The van der Waals surface area contributed by atoms with Crippen LogP contribution in [0, 0.1) is 0 Å². The molecule has 0 unspecified atom stereocenters. The summed E-state index contributed by atoms with van der Waals surface area (Å²) in [5.41, 5.74) is 0.934. The standard InChI is InChI=1S/C14H20N2O4/c1-3-20-13-6-10(4-5-12(13)19-2)7-15-14(18)16-8-11(17)9-16/h4-6,11,17H,3,7-9H2,1-2H3,(H,15,18). The van der Waals surface area contributed by atoms with Crippen molar-refractivity contribution in [1.82, 2.24) is 10.2 Å². The summed E-state index contributed by atoms with van der Waals surface area (Å²) < 4.78 is 10.7. The van der Waals surface area contributed by atoms with Gasteiger partial charge < -0.3 is 24.8 Å². The predicted molar refractivity (Wildman–Crippen MR) is 74.0 cm³/mol. The second kappa shape index (κ2) is 6.47. The van der Waals surface area contributed by atoms with Crippen molar-refractivity contribution in [3.05, 3.63) is 23.8 Å². The predicted octanol–water partition coefficient (Wildman–Crippen LogP) is 0.980. The van der Waals surface area contributed by atoms with E-state index in [-0.39, 0.29) is 12.1 Å². The fourth-order valence-corrected chi connectivity index (χ4v) is 2.01. The molecule has 2 rings (SSSR count). The van der Waals surface area contributed by atoms with Crippen molar-refractivity contribution in [3.63, 3.8) is 0 Å². The molecule has 20 heavy (non-hydrogen) atoms. The summed E-state index contributed by atoms with van der Waals surface area (Å²) in [5.74, 6) is 1.34. The van der Waals surface area contributed by atoms with Crippen LogP contribution < -0.4 is 14.8 Å². The Hall–Kier alpha value is -1.95. The molecule has 0 aliphatic carbocycles. The van der Waals surface area contributed by atoms with Crippen LogP contribution in [0.3, 0.4) is 0 Å². The normalized spacial score (nSPS) is 14.7. The van der Waals surface area contributed by atoms with Crippen molar-refractivity contribution < 1.29 is 19.4 Å². The molecule has 0 aromatic heterocycles. The van der Waals surface area contributed by atoms with E-state index < -0.39 is 0 Å². The number of methoxy groups -OCH3 is 1. The number of nitrogens with zero attached hydrogens (tertiary/aromatic N) is 1. The molecule has 0 saturated carbocycles. The van der Waals surface area contributed by atoms with Gasteiger partial charge >= 0.3 is 6.03 Å². The third-order valence-electron chi connectivity index (χ3n) is 3.12. The highest BCUT2D eigenvalue weighted by atomic mass is 16.5. The van der Waals surface area contributed by atoms with Crippen LogP contribution in [0.1, 0.15) is 12.5 Å². The number of carbonyl (C=O) groups excluding carboxylic acids is 1. The summed E-state index contributed by atoms with van der Waals surface area (Å²) in [6.45, 7) is 3.67. The highest BCUT2D eigenvalue weighted by Gasteiger charge is 2.28. The Morgan fingerprint density at radius 2 is 2.20 bits per heavy atom. The lowest BCUT2D eigenvalue weighted by atomic mass is 10.2. The average molecular weight is 280 g/mol. The summed E-state index contributed by atoms with van der Waals surface area (Å²) in [6, 6.07) is 5.39. The zero-order chi connectivity index (χ0) is 14.5. The monoisotopic (exact) mass is 280 g/mol. The number of aliphatic hydroxyl groups is 1. The first-order chi connectivity index (χ1) is 9.63. The van der Waals surface area contributed by atoms with E-state index in [1.165, 1.54) is 0 Å². The summed E-state index contributed by atoms with van der Waals surface area (Å²) in [4.78, 5) is 13.3. The smallest absolute Gasteiger partial charge is 0.317 e. The van der Waals surface area contributed by atoms with Gasteiger partial charge in [0.25, 0.3) is 0 Å². The van der Waals surface area contributed by atoms with Gasteiger partial charge in [0, 0.05) is 6.54 Å². The van der Waals surface area contributed by atoms with Gasteiger partial charge in [-0.2, -0.15) is 0 Å². The van der Waals surface area contributed by atoms with Crippen molar-refractivity contribution in [2.45, 2.75) is 19.6 Å². The molecule has 1 aromatic carbocycles. The van der Waals surface area contributed by atoms with Crippen LogP contribution in [0.25, 0.3) is 0 Å². The topological polar surface area (TPSA) is 71.0 Å². The molecule has 6 heteroatoms. The molecule has 110 valence electrons. The first kappa shape index (κ1) is 14.5. The highest BCUT2D eigenvalue weighted by Crippen LogP contribution is 2.28. The fourth-order valence-electron chi connectivity index (χ4n) is 2.01. The number of urea groups is 1. The number of hydrogen-bond donors (Lipinski definition) is 2. The Kier molecular flexibility index (Phi) is 4.68. The number of rotatable bonds is 5. The molecule has 0 spiro atoms. The number of hydrogen-bond acceptors (Lipinski definition) is 4. The summed E-state index contributed by atoms with van der Waals surface area (Å²) in [6.07, 6.45) is -0.383. The van der Waals surface area contributed by atoms with Gasteiger partial charge in [0.05, 0.1) is 32.9 Å². The Morgan fingerprint density at radius 3 is 2.80 bits per heavy atom. The lowest BCUT2D eigenvalue weighted by Gasteiger charge is -2.35. The molecule has 1 saturated heterocycles. The number of β-amino-alcohol motifs (C(OH)–C–C–N with tert-alkyl or cyclic N) is 1. The maximum atomic E-state index is 11.7. The van der Waals surface area contributed by atoms with Crippen LogP contribution in [0.2, 0.25) is 0 Å².